The van der Waals surface area contributed by atoms with Crippen LogP contribution in [0.3, 0.4) is 0 Å². The first-order chi connectivity index (χ1) is 8.99. The minimum atomic E-state index is -0.915. The number of carboxylic acid groups (broad SMARTS) is 1. The average Bonchev–Trinajstić information content (AvgIpc) is 3.00. The quantitative estimate of drug-likeness (QED) is 0.812. The number of amides is 2. The molecule has 0 aromatic carbocycles. The predicted octanol–water partition coefficient (Wildman–Crippen LogP) is 2.12. The van der Waals surface area contributed by atoms with E-state index >= 15 is 0 Å². The van der Waals surface area contributed by atoms with Crippen molar-refractivity contribution in [1.82, 2.24) is 10.2 Å². The van der Waals surface area contributed by atoms with Crippen LogP contribution in [0.5, 0.6) is 0 Å². The van der Waals surface area contributed by atoms with Gasteiger partial charge in [-0.1, -0.05) is 13.3 Å². The van der Waals surface area contributed by atoms with E-state index in [-0.39, 0.29) is 11.4 Å². The first kappa shape index (κ1) is 14.5. The standard InChI is InChI=1S/C13H22N2O3S/c1-3-4-13(5-6-13)8-14-12(18)15-9(2)19-7-10(15)11(16)17/h9-10H,3-8H2,1-2H3,(H,14,18)(H,16,17). The van der Waals surface area contributed by atoms with Crippen LogP contribution < -0.4 is 5.32 Å². The van der Waals surface area contributed by atoms with E-state index in [4.69, 9.17) is 5.11 Å². The SMILES string of the molecule is CCCC1(CNC(=O)N2C(C)SCC2C(=O)O)CC1. The maximum atomic E-state index is 12.2. The summed E-state index contributed by atoms with van der Waals surface area (Å²) in [5.74, 6) is -0.439. The van der Waals surface area contributed by atoms with E-state index in [1.165, 1.54) is 29.5 Å². The van der Waals surface area contributed by atoms with Crippen LogP contribution >= 0.6 is 11.8 Å². The Balaban J connectivity index is 1.90. The van der Waals surface area contributed by atoms with Crippen molar-refractivity contribution in [1.29, 1.82) is 0 Å². The van der Waals surface area contributed by atoms with Gasteiger partial charge in [-0.05, 0) is 31.6 Å². The summed E-state index contributed by atoms with van der Waals surface area (Å²) in [6.45, 7) is 4.72. The summed E-state index contributed by atoms with van der Waals surface area (Å²) in [6, 6.07) is -0.923. The van der Waals surface area contributed by atoms with Crippen LogP contribution in [0, 0.1) is 5.41 Å². The van der Waals surface area contributed by atoms with Gasteiger partial charge in [0, 0.05) is 12.3 Å². The lowest BCUT2D eigenvalue weighted by Gasteiger charge is -2.26. The number of carbonyl (C=O) groups is 2. The van der Waals surface area contributed by atoms with Crippen molar-refractivity contribution in [3.63, 3.8) is 0 Å². The molecule has 1 saturated heterocycles. The normalized spacial score (nSPS) is 28.2. The molecule has 0 bridgehead atoms. The van der Waals surface area contributed by atoms with Crippen LogP contribution in [-0.2, 0) is 4.79 Å². The third-order valence-corrected chi connectivity index (χ3v) is 5.31. The highest BCUT2D eigenvalue weighted by atomic mass is 32.2. The molecule has 1 aliphatic carbocycles. The van der Waals surface area contributed by atoms with Gasteiger partial charge in [0.1, 0.15) is 6.04 Å². The molecule has 108 valence electrons. The molecule has 1 saturated carbocycles. The molecule has 0 aromatic rings. The molecule has 2 amide bonds. The molecule has 0 radical (unpaired) electrons. The lowest BCUT2D eigenvalue weighted by molar-refractivity contribution is -0.141. The van der Waals surface area contributed by atoms with Crippen molar-refractivity contribution >= 4 is 23.8 Å². The van der Waals surface area contributed by atoms with Crippen molar-refractivity contribution in [2.45, 2.75) is 50.9 Å². The topological polar surface area (TPSA) is 69.6 Å². The zero-order chi connectivity index (χ0) is 14.0. The summed E-state index contributed by atoms with van der Waals surface area (Å²) in [4.78, 5) is 24.8. The zero-order valence-corrected chi connectivity index (χ0v) is 12.3. The van der Waals surface area contributed by atoms with Crippen LogP contribution in [0.1, 0.15) is 39.5 Å². The number of carboxylic acids is 1. The molecule has 2 N–H and O–H groups in total. The maximum absolute atomic E-state index is 12.2. The number of nitrogens with one attached hydrogen (secondary N) is 1. The van der Waals surface area contributed by atoms with E-state index in [0.717, 1.165) is 12.8 Å². The number of aliphatic carboxylic acids is 1. The molecule has 1 aliphatic heterocycles. The highest BCUT2D eigenvalue weighted by Crippen LogP contribution is 2.49. The summed E-state index contributed by atoms with van der Waals surface area (Å²) in [5, 5.41) is 12.0. The monoisotopic (exact) mass is 286 g/mol. The molecule has 6 heteroatoms. The van der Waals surface area contributed by atoms with E-state index in [1.807, 2.05) is 6.92 Å². The summed E-state index contributed by atoms with van der Waals surface area (Å²) in [5.41, 5.74) is 0.291. The van der Waals surface area contributed by atoms with Gasteiger partial charge in [-0.3, -0.25) is 4.90 Å². The Kier molecular flexibility index (Phi) is 4.28. The van der Waals surface area contributed by atoms with E-state index in [1.54, 1.807) is 0 Å². The Bertz CT molecular complexity index is 371. The minimum absolute atomic E-state index is 0.0672. The number of rotatable bonds is 5. The maximum Gasteiger partial charge on any atom is 0.327 e. The second-order valence-electron chi connectivity index (χ2n) is 5.60. The molecule has 2 fully saturated rings. The second-order valence-corrected chi connectivity index (χ2v) is 6.95. The van der Waals surface area contributed by atoms with Crippen LogP contribution in [0.4, 0.5) is 4.79 Å². The van der Waals surface area contributed by atoms with Gasteiger partial charge < -0.3 is 10.4 Å². The number of nitrogens with zero attached hydrogens (tertiary/aromatic N) is 1. The largest absolute Gasteiger partial charge is 0.480 e. The molecule has 2 unspecified atom stereocenters. The van der Waals surface area contributed by atoms with Crippen molar-refractivity contribution in [3.8, 4) is 0 Å². The van der Waals surface area contributed by atoms with Gasteiger partial charge >= 0.3 is 12.0 Å². The Labute approximate surface area is 118 Å². The fourth-order valence-electron chi connectivity index (χ4n) is 2.72. The molecule has 0 spiro atoms. The lowest BCUT2D eigenvalue weighted by Crippen LogP contribution is -2.50. The molecule has 2 aliphatic rings. The highest BCUT2D eigenvalue weighted by molar-refractivity contribution is 8.00. The van der Waals surface area contributed by atoms with Gasteiger partial charge in [-0.25, -0.2) is 9.59 Å². The van der Waals surface area contributed by atoms with Crippen molar-refractivity contribution in [3.05, 3.63) is 0 Å². The first-order valence-corrected chi connectivity index (χ1v) is 7.94. The van der Waals surface area contributed by atoms with E-state index in [9.17, 15) is 9.59 Å². The zero-order valence-electron chi connectivity index (χ0n) is 11.5. The molecule has 0 aromatic heterocycles. The minimum Gasteiger partial charge on any atom is -0.480 e. The van der Waals surface area contributed by atoms with Gasteiger partial charge in [-0.2, -0.15) is 0 Å². The summed E-state index contributed by atoms with van der Waals surface area (Å²) in [7, 11) is 0. The molecule has 5 nitrogen and oxygen atoms in total. The van der Waals surface area contributed by atoms with Gasteiger partial charge in [0.05, 0.1) is 5.37 Å². The van der Waals surface area contributed by atoms with Gasteiger partial charge in [0.25, 0.3) is 0 Å². The Morgan fingerprint density at radius 3 is 2.68 bits per heavy atom. The number of carbonyl (C=O) groups excluding carboxylic acids is 1. The molecule has 2 rings (SSSR count). The van der Waals surface area contributed by atoms with E-state index in [2.05, 4.69) is 12.2 Å². The van der Waals surface area contributed by atoms with Crippen molar-refractivity contribution in [2.24, 2.45) is 5.41 Å². The van der Waals surface area contributed by atoms with E-state index in [0.29, 0.717) is 17.7 Å². The molecule has 19 heavy (non-hydrogen) atoms. The number of hydrogen-bond acceptors (Lipinski definition) is 3. The Morgan fingerprint density at radius 1 is 1.47 bits per heavy atom. The van der Waals surface area contributed by atoms with Crippen LogP contribution in [-0.4, -0.2) is 45.7 Å². The van der Waals surface area contributed by atoms with Crippen molar-refractivity contribution < 1.29 is 14.7 Å². The van der Waals surface area contributed by atoms with Crippen molar-refractivity contribution in [2.75, 3.05) is 12.3 Å². The van der Waals surface area contributed by atoms with Crippen LogP contribution in [0.25, 0.3) is 0 Å². The van der Waals surface area contributed by atoms with Gasteiger partial charge in [-0.15, -0.1) is 11.8 Å². The lowest BCUT2D eigenvalue weighted by atomic mass is 10.0. The van der Waals surface area contributed by atoms with Crippen LogP contribution in [0.2, 0.25) is 0 Å². The number of urea groups is 1. The number of hydrogen-bond donors (Lipinski definition) is 2. The Hall–Kier alpha value is -0.910. The third kappa shape index (κ3) is 3.16. The molecular formula is C13H22N2O3S. The van der Waals surface area contributed by atoms with E-state index < -0.39 is 12.0 Å². The fourth-order valence-corrected chi connectivity index (χ4v) is 3.89. The average molecular weight is 286 g/mol. The third-order valence-electron chi connectivity index (χ3n) is 4.09. The molecule has 1 heterocycles. The highest BCUT2D eigenvalue weighted by Gasteiger charge is 2.44. The second kappa shape index (κ2) is 5.61. The summed E-state index contributed by atoms with van der Waals surface area (Å²) < 4.78 is 0. The fraction of sp³-hybridized carbons (Fsp3) is 0.846. The number of thioether (sulfide) groups is 1. The first-order valence-electron chi connectivity index (χ1n) is 6.90. The predicted molar refractivity (Wildman–Crippen MR) is 75.2 cm³/mol. The van der Waals surface area contributed by atoms with Gasteiger partial charge in [0.15, 0.2) is 0 Å². The summed E-state index contributed by atoms with van der Waals surface area (Å²) in [6.07, 6.45) is 4.62. The molecular weight excluding hydrogens is 264 g/mol. The van der Waals surface area contributed by atoms with Crippen LogP contribution in [0.15, 0.2) is 0 Å². The Morgan fingerprint density at radius 2 is 2.16 bits per heavy atom. The summed E-state index contributed by atoms with van der Waals surface area (Å²) >= 11 is 1.51. The smallest absolute Gasteiger partial charge is 0.327 e. The van der Waals surface area contributed by atoms with Gasteiger partial charge in [0.2, 0.25) is 0 Å². The molecule has 2 atom stereocenters.